The van der Waals surface area contributed by atoms with Crippen LogP contribution in [-0.2, 0) is 10.3 Å². The molecule has 1 fully saturated rings. The maximum atomic E-state index is 11.7. The smallest absolute Gasteiger partial charge is 0.265 e. The van der Waals surface area contributed by atoms with Gasteiger partial charge < -0.3 is 20.3 Å². The lowest BCUT2D eigenvalue weighted by molar-refractivity contribution is -0.122. The summed E-state index contributed by atoms with van der Waals surface area (Å²) in [6.45, 7) is 1.69. The van der Waals surface area contributed by atoms with Gasteiger partial charge in [0, 0.05) is 0 Å². The monoisotopic (exact) mass is 300 g/mol. The number of para-hydroxylation sites is 1. The van der Waals surface area contributed by atoms with Crippen molar-refractivity contribution >= 4 is 11.6 Å². The Bertz CT molecular complexity index is 751. The van der Waals surface area contributed by atoms with Crippen LogP contribution in [0.5, 0.6) is 5.75 Å². The number of anilines is 1. The van der Waals surface area contributed by atoms with Crippen LogP contribution in [0.25, 0.3) is 11.5 Å². The molecule has 2 aliphatic rings. The molecular weight excluding hydrogens is 284 g/mol. The zero-order valence-electron chi connectivity index (χ0n) is 12.1. The molecule has 4 rings (SSSR count). The van der Waals surface area contributed by atoms with E-state index in [1.54, 1.807) is 19.1 Å². The minimum absolute atomic E-state index is 0.175. The van der Waals surface area contributed by atoms with Crippen molar-refractivity contribution in [2.45, 2.75) is 37.8 Å². The number of nitrogens with zero attached hydrogens (tertiary/aromatic N) is 2. The van der Waals surface area contributed by atoms with Gasteiger partial charge in [0.1, 0.15) is 0 Å². The molecular formula is C15H16N4O3. The number of carbonyl (C=O) groups is 1. The molecule has 0 bridgehead atoms. The number of hydrogen-bond acceptors (Lipinski definition) is 6. The van der Waals surface area contributed by atoms with E-state index in [2.05, 4.69) is 15.5 Å². The number of carbonyl (C=O) groups excluding carboxylic acids is 1. The van der Waals surface area contributed by atoms with Gasteiger partial charge in [-0.15, -0.1) is 0 Å². The highest BCUT2D eigenvalue weighted by Crippen LogP contribution is 2.41. The van der Waals surface area contributed by atoms with Crippen LogP contribution in [0.2, 0.25) is 0 Å². The van der Waals surface area contributed by atoms with Crippen LogP contribution >= 0.6 is 0 Å². The molecule has 1 aromatic carbocycles. The first-order chi connectivity index (χ1) is 10.6. The molecule has 0 spiro atoms. The Balaban J connectivity index is 1.75. The summed E-state index contributed by atoms with van der Waals surface area (Å²) < 4.78 is 11.1. The Hall–Kier alpha value is -2.41. The molecule has 1 atom stereocenters. The van der Waals surface area contributed by atoms with E-state index in [0.29, 0.717) is 28.7 Å². The van der Waals surface area contributed by atoms with E-state index in [0.717, 1.165) is 19.3 Å². The number of aromatic nitrogens is 2. The normalized spacial score (nSPS) is 22.3. The fourth-order valence-electron chi connectivity index (χ4n) is 2.71. The molecule has 114 valence electrons. The van der Waals surface area contributed by atoms with Gasteiger partial charge in [0.15, 0.2) is 17.7 Å². The minimum atomic E-state index is -0.566. The lowest BCUT2D eigenvalue weighted by atomic mass is 9.77. The van der Waals surface area contributed by atoms with Crippen molar-refractivity contribution in [3.63, 3.8) is 0 Å². The van der Waals surface area contributed by atoms with Crippen LogP contribution in [0, 0.1) is 0 Å². The number of benzene rings is 1. The second kappa shape index (κ2) is 4.54. The first-order valence-electron chi connectivity index (χ1n) is 7.31. The number of hydrogen-bond donors (Lipinski definition) is 2. The molecule has 2 aromatic rings. The van der Waals surface area contributed by atoms with E-state index < -0.39 is 11.6 Å². The molecule has 1 amide bonds. The van der Waals surface area contributed by atoms with Crippen molar-refractivity contribution in [2.24, 2.45) is 5.73 Å². The summed E-state index contributed by atoms with van der Waals surface area (Å²) in [5.74, 6) is 1.25. The predicted molar refractivity (Wildman–Crippen MR) is 78.2 cm³/mol. The molecule has 7 heteroatoms. The van der Waals surface area contributed by atoms with Gasteiger partial charge in [-0.2, -0.15) is 4.98 Å². The van der Waals surface area contributed by atoms with E-state index in [9.17, 15) is 4.79 Å². The Labute approximate surface area is 126 Å². The van der Waals surface area contributed by atoms with E-state index >= 15 is 0 Å². The summed E-state index contributed by atoms with van der Waals surface area (Å²) in [5.41, 5.74) is 7.01. The lowest BCUT2D eigenvalue weighted by Crippen LogP contribution is -2.44. The summed E-state index contributed by atoms with van der Waals surface area (Å²) in [6, 6.07) is 5.40. The van der Waals surface area contributed by atoms with Crippen molar-refractivity contribution in [1.82, 2.24) is 10.1 Å². The molecule has 1 aliphatic carbocycles. The minimum Gasteiger partial charge on any atom is -0.478 e. The Morgan fingerprint density at radius 2 is 2.23 bits per heavy atom. The fourth-order valence-corrected chi connectivity index (χ4v) is 2.71. The average Bonchev–Trinajstić information content (AvgIpc) is 2.95. The summed E-state index contributed by atoms with van der Waals surface area (Å²) in [6.07, 6.45) is 2.24. The lowest BCUT2D eigenvalue weighted by Gasteiger charge is -2.34. The van der Waals surface area contributed by atoms with E-state index in [-0.39, 0.29) is 5.91 Å². The second-order valence-corrected chi connectivity index (χ2v) is 5.86. The van der Waals surface area contributed by atoms with Crippen LogP contribution in [0.4, 0.5) is 5.69 Å². The molecule has 3 N–H and O–H groups in total. The Morgan fingerprint density at radius 1 is 1.41 bits per heavy atom. The predicted octanol–water partition coefficient (Wildman–Crippen LogP) is 1.79. The first kappa shape index (κ1) is 13.3. The van der Waals surface area contributed by atoms with Gasteiger partial charge in [-0.25, -0.2) is 0 Å². The van der Waals surface area contributed by atoms with Gasteiger partial charge in [0.2, 0.25) is 0 Å². The summed E-state index contributed by atoms with van der Waals surface area (Å²) in [7, 11) is 0. The quantitative estimate of drug-likeness (QED) is 0.876. The van der Waals surface area contributed by atoms with E-state index in [4.69, 9.17) is 15.0 Å². The summed E-state index contributed by atoms with van der Waals surface area (Å²) >= 11 is 0. The third kappa shape index (κ3) is 1.89. The number of amides is 1. The average molecular weight is 300 g/mol. The molecule has 1 unspecified atom stereocenters. The van der Waals surface area contributed by atoms with E-state index in [1.807, 2.05) is 6.07 Å². The standard InChI is InChI=1S/C15H16N4O3/c1-8-12(20)17-10-5-2-4-9(11(10)21-8)13-18-14(19-22-13)15(16)6-3-7-15/h2,4-5,8H,3,6-7,16H2,1H3,(H,17,20). The van der Waals surface area contributed by atoms with Gasteiger partial charge in [0.05, 0.1) is 16.8 Å². The van der Waals surface area contributed by atoms with Crippen molar-refractivity contribution < 1.29 is 14.1 Å². The Kier molecular flexibility index (Phi) is 2.74. The molecule has 1 saturated carbocycles. The largest absolute Gasteiger partial charge is 0.478 e. The third-order valence-corrected chi connectivity index (χ3v) is 4.28. The van der Waals surface area contributed by atoms with Gasteiger partial charge in [-0.05, 0) is 38.3 Å². The maximum Gasteiger partial charge on any atom is 0.265 e. The number of rotatable bonds is 2. The van der Waals surface area contributed by atoms with Crippen molar-refractivity contribution in [2.75, 3.05) is 5.32 Å². The van der Waals surface area contributed by atoms with Crippen LogP contribution in [0.15, 0.2) is 22.7 Å². The third-order valence-electron chi connectivity index (χ3n) is 4.28. The maximum absolute atomic E-state index is 11.7. The topological polar surface area (TPSA) is 103 Å². The molecule has 0 radical (unpaired) electrons. The highest BCUT2D eigenvalue weighted by Gasteiger charge is 2.39. The Morgan fingerprint density at radius 3 is 2.95 bits per heavy atom. The second-order valence-electron chi connectivity index (χ2n) is 5.86. The highest BCUT2D eigenvalue weighted by atomic mass is 16.5. The van der Waals surface area contributed by atoms with Crippen LogP contribution in [-0.4, -0.2) is 22.2 Å². The number of ether oxygens (including phenoxy) is 1. The summed E-state index contributed by atoms with van der Waals surface area (Å²) in [4.78, 5) is 16.1. The van der Waals surface area contributed by atoms with Crippen molar-refractivity contribution in [3.05, 3.63) is 24.0 Å². The fraction of sp³-hybridized carbons (Fsp3) is 0.400. The highest BCUT2D eigenvalue weighted by molar-refractivity contribution is 5.99. The van der Waals surface area contributed by atoms with Gasteiger partial charge >= 0.3 is 0 Å². The van der Waals surface area contributed by atoms with Crippen LogP contribution in [0.3, 0.4) is 0 Å². The zero-order chi connectivity index (χ0) is 15.3. The number of nitrogens with one attached hydrogen (secondary N) is 1. The summed E-state index contributed by atoms with van der Waals surface area (Å²) in [5, 5.41) is 6.82. The van der Waals surface area contributed by atoms with Crippen molar-refractivity contribution in [3.8, 4) is 17.2 Å². The molecule has 7 nitrogen and oxygen atoms in total. The van der Waals surface area contributed by atoms with Crippen LogP contribution in [0.1, 0.15) is 32.0 Å². The molecule has 2 heterocycles. The van der Waals surface area contributed by atoms with Gasteiger partial charge in [0.25, 0.3) is 11.8 Å². The zero-order valence-corrected chi connectivity index (χ0v) is 12.1. The molecule has 1 aliphatic heterocycles. The number of nitrogens with two attached hydrogens (primary N) is 1. The first-order valence-corrected chi connectivity index (χ1v) is 7.31. The molecule has 1 aromatic heterocycles. The van der Waals surface area contributed by atoms with Gasteiger partial charge in [-0.3, -0.25) is 4.79 Å². The molecule has 22 heavy (non-hydrogen) atoms. The van der Waals surface area contributed by atoms with E-state index in [1.165, 1.54) is 0 Å². The molecule has 0 saturated heterocycles. The SMILES string of the molecule is CC1Oc2c(cccc2-c2nc(C3(N)CCC3)no2)NC1=O. The van der Waals surface area contributed by atoms with Crippen molar-refractivity contribution in [1.29, 1.82) is 0 Å². The van der Waals surface area contributed by atoms with Crippen LogP contribution < -0.4 is 15.8 Å². The van der Waals surface area contributed by atoms with Gasteiger partial charge in [-0.1, -0.05) is 11.2 Å². The number of fused-ring (bicyclic) bond motifs is 1.